The van der Waals surface area contributed by atoms with Crippen molar-refractivity contribution >= 4 is 26.9 Å². The summed E-state index contributed by atoms with van der Waals surface area (Å²) < 4.78 is 30.2. The summed E-state index contributed by atoms with van der Waals surface area (Å²) in [5.74, 6) is 0.737. The third-order valence-corrected chi connectivity index (χ3v) is 8.60. The fourth-order valence-corrected chi connectivity index (χ4v) is 6.62. The van der Waals surface area contributed by atoms with Gasteiger partial charge < -0.3 is 4.98 Å². The second-order valence-electron chi connectivity index (χ2n) is 8.98. The van der Waals surface area contributed by atoms with Crippen LogP contribution in [-0.2, 0) is 16.6 Å². The number of H-pyrrole nitrogens is 1. The minimum Gasteiger partial charge on any atom is -0.348 e. The lowest BCUT2D eigenvalue weighted by atomic mass is 9.97. The highest BCUT2D eigenvalue weighted by molar-refractivity contribution is 7.89. The minimum atomic E-state index is -3.88. The summed E-state index contributed by atoms with van der Waals surface area (Å²) in [6, 6.07) is 29.4. The highest BCUT2D eigenvalue weighted by Gasteiger charge is 2.35. The van der Waals surface area contributed by atoms with Crippen molar-refractivity contribution in [2.45, 2.75) is 17.6 Å². The van der Waals surface area contributed by atoms with Gasteiger partial charge in [0.2, 0.25) is 10.0 Å². The van der Waals surface area contributed by atoms with E-state index < -0.39 is 16.2 Å². The molecule has 0 saturated heterocycles. The van der Waals surface area contributed by atoms with E-state index in [1.54, 1.807) is 28.8 Å². The van der Waals surface area contributed by atoms with Crippen LogP contribution in [0.3, 0.4) is 0 Å². The van der Waals surface area contributed by atoms with E-state index >= 15 is 0 Å². The zero-order valence-electron chi connectivity index (χ0n) is 20.1. The van der Waals surface area contributed by atoms with Crippen molar-refractivity contribution < 1.29 is 8.42 Å². The first-order valence-corrected chi connectivity index (χ1v) is 13.6. The largest absolute Gasteiger partial charge is 0.348 e. The predicted molar refractivity (Wildman–Crippen MR) is 147 cm³/mol. The average Bonchev–Trinajstić information content (AvgIpc) is 3.39. The highest BCUT2D eigenvalue weighted by atomic mass is 32.2. The zero-order chi connectivity index (χ0) is 25.2. The lowest BCUT2D eigenvalue weighted by molar-refractivity contribution is 0.295. The number of aromatic amines is 1. The normalized spacial score (nSPS) is 15.9. The molecule has 5 aromatic rings. The van der Waals surface area contributed by atoms with Gasteiger partial charge in [-0.25, -0.2) is 13.4 Å². The Bertz CT molecular complexity index is 1670. The predicted octanol–water partition coefficient (Wildman–Crippen LogP) is 5.74. The van der Waals surface area contributed by atoms with Gasteiger partial charge in [-0.3, -0.25) is 5.32 Å². The molecule has 1 aliphatic rings. The molecule has 0 saturated carbocycles. The topological polar surface area (TPSA) is 78.1 Å². The molecule has 37 heavy (non-hydrogen) atoms. The van der Waals surface area contributed by atoms with E-state index in [1.807, 2.05) is 60.7 Å². The van der Waals surface area contributed by atoms with Crippen molar-refractivity contribution in [3.8, 4) is 11.1 Å². The average molecular weight is 507 g/mol. The van der Waals surface area contributed by atoms with Crippen molar-refractivity contribution in [1.82, 2.24) is 19.6 Å². The summed E-state index contributed by atoms with van der Waals surface area (Å²) >= 11 is 0. The maximum absolute atomic E-state index is 14.3. The van der Waals surface area contributed by atoms with Crippen LogP contribution >= 0.6 is 0 Å². The lowest BCUT2D eigenvalue weighted by Gasteiger charge is -2.31. The van der Waals surface area contributed by atoms with Gasteiger partial charge in [-0.15, -0.1) is 0 Å². The summed E-state index contributed by atoms with van der Waals surface area (Å²) in [5, 5.41) is 5.09. The lowest BCUT2D eigenvalue weighted by Crippen LogP contribution is -2.42. The van der Waals surface area contributed by atoms with E-state index in [9.17, 15) is 8.42 Å². The molecule has 7 heteroatoms. The molecular formula is C30H26N4O2S. The molecule has 6 rings (SSSR count). The van der Waals surface area contributed by atoms with Gasteiger partial charge in [0.1, 0.15) is 12.0 Å². The molecule has 2 heterocycles. The molecule has 1 atom stereocenters. The molecule has 1 unspecified atom stereocenters. The van der Waals surface area contributed by atoms with Crippen molar-refractivity contribution in [2.24, 2.45) is 0 Å². The van der Waals surface area contributed by atoms with Gasteiger partial charge in [-0.1, -0.05) is 91.0 Å². The number of nitrogens with zero attached hydrogens (tertiary/aromatic N) is 2. The Morgan fingerprint density at radius 3 is 2.57 bits per heavy atom. The van der Waals surface area contributed by atoms with Gasteiger partial charge in [0.15, 0.2) is 0 Å². The number of imidazole rings is 1. The standard InChI is InChI=1S/C30H26N4O2S/c35-37(36,28-14-6-11-23-10-4-5-13-26(23)28)34-19-7-12-24-15-16-25(22-8-2-1-3-9-22)20-27(24)30(34)33-21-29-31-17-18-32-29/h1-18,20,30,33H,19,21H2,(H,31,32). The van der Waals surface area contributed by atoms with Gasteiger partial charge in [-0.05, 0) is 39.8 Å². The number of fused-ring (bicyclic) bond motifs is 2. The Morgan fingerprint density at radius 1 is 0.919 bits per heavy atom. The summed E-state index contributed by atoms with van der Waals surface area (Å²) in [6.45, 7) is 0.616. The number of nitrogens with one attached hydrogen (secondary N) is 2. The van der Waals surface area contributed by atoms with E-state index in [-0.39, 0.29) is 6.54 Å². The molecule has 1 aromatic heterocycles. The van der Waals surface area contributed by atoms with Crippen LogP contribution in [0.4, 0.5) is 0 Å². The van der Waals surface area contributed by atoms with Gasteiger partial charge >= 0.3 is 0 Å². The molecule has 0 radical (unpaired) electrons. The first-order chi connectivity index (χ1) is 18.1. The highest BCUT2D eigenvalue weighted by Crippen LogP contribution is 2.35. The Balaban J connectivity index is 1.49. The first-order valence-electron chi connectivity index (χ1n) is 12.2. The van der Waals surface area contributed by atoms with Gasteiger partial charge in [0.05, 0.1) is 11.4 Å². The van der Waals surface area contributed by atoms with E-state index in [4.69, 9.17) is 0 Å². The molecular weight excluding hydrogens is 480 g/mol. The summed E-state index contributed by atoms with van der Waals surface area (Å²) in [7, 11) is -3.88. The van der Waals surface area contributed by atoms with Gasteiger partial charge in [-0.2, -0.15) is 4.31 Å². The van der Waals surface area contributed by atoms with E-state index in [0.717, 1.165) is 33.5 Å². The number of sulfonamides is 1. The maximum Gasteiger partial charge on any atom is 0.245 e. The van der Waals surface area contributed by atoms with Crippen LogP contribution in [0.2, 0.25) is 0 Å². The number of aromatic nitrogens is 2. The van der Waals surface area contributed by atoms with Crippen LogP contribution in [0.25, 0.3) is 28.0 Å². The number of hydrogen-bond donors (Lipinski definition) is 2. The molecule has 1 aliphatic heterocycles. The van der Waals surface area contributed by atoms with Gasteiger partial charge in [0.25, 0.3) is 0 Å². The molecule has 0 spiro atoms. The van der Waals surface area contributed by atoms with Crippen LogP contribution in [0.5, 0.6) is 0 Å². The SMILES string of the molecule is O=S(=O)(c1cccc2ccccc12)N1CC=Cc2ccc(-c3ccccc3)cc2C1NCc1ncc[nH]1. The molecule has 4 aromatic carbocycles. The monoisotopic (exact) mass is 506 g/mol. The summed E-state index contributed by atoms with van der Waals surface area (Å²) in [6.07, 6.45) is 6.76. The van der Waals surface area contributed by atoms with Crippen molar-refractivity contribution in [3.63, 3.8) is 0 Å². The maximum atomic E-state index is 14.3. The van der Waals surface area contributed by atoms with Crippen LogP contribution in [-0.4, -0.2) is 29.2 Å². The summed E-state index contributed by atoms with van der Waals surface area (Å²) in [4.78, 5) is 7.73. The zero-order valence-corrected chi connectivity index (χ0v) is 20.9. The molecule has 0 bridgehead atoms. The minimum absolute atomic E-state index is 0.233. The quantitative estimate of drug-likeness (QED) is 0.308. The summed E-state index contributed by atoms with van der Waals surface area (Å²) in [5.41, 5.74) is 3.98. The van der Waals surface area contributed by atoms with E-state index in [0.29, 0.717) is 16.8 Å². The van der Waals surface area contributed by atoms with Crippen LogP contribution in [0.15, 0.2) is 114 Å². The third-order valence-electron chi connectivity index (χ3n) is 6.71. The van der Waals surface area contributed by atoms with Crippen LogP contribution in [0.1, 0.15) is 23.1 Å². The fourth-order valence-electron chi connectivity index (χ4n) is 4.90. The molecule has 184 valence electrons. The van der Waals surface area contributed by atoms with Crippen molar-refractivity contribution in [3.05, 3.63) is 126 Å². The van der Waals surface area contributed by atoms with Crippen LogP contribution < -0.4 is 5.32 Å². The van der Waals surface area contributed by atoms with Gasteiger partial charge in [0, 0.05) is 24.3 Å². The van der Waals surface area contributed by atoms with Crippen LogP contribution in [0, 0.1) is 0 Å². The van der Waals surface area contributed by atoms with E-state index in [2.05, 4.69) is 45.6 Å². The van der Waals surface area contributed by atoms with Crippen molar-refractivity contribution in [2.75, 3.05) is 6.54 Å². The Morgan fingerprint density at radius 2 is 1.73 bits per heavy atom. The fraction of sp³-hybridized carbons (Fsp3) is 0.100. The number of benzene rings is 4. The smallest absolute Gasteiger partial charge is 0.245 e. The molecule has 0 aliphatic carbocycles. The number of hydrogen-bond acceptors (Lipinski definition) is 4. The molecule has 2 N–H and O–H groups in total. The first kappa shape index (κ1) is 23.4. The second-order valence-corrected chi connectivity index (χ2v) is 10.8. The Labute approximate surface area is 216 Å². The Hall–Kier alpha value is -4.04. The van der Waals surface area contributed by atoms with E-state index in [1.165, 1.54) is 0 Å². The Kier molecular flexibility index (Phi) is 6.18. The molecule has 0 fully saturated rings. The third kappa shape index (κ3) is 4.49. The number of rotatable bonds is 6. The molecule has 0 amide bonds. The molecule has 6 nitrogen and oxygen atoms in total. The van der Waals surface area contributed by atoms with Crippen molar-refractivity contribution in [1.29, 1.82) is 0 Å². The second kappa shape index (κ2) is 9.78.